The van der Waals surface area contributed by atoms with E-state index in [2.05, 4.69) is 48.9 Å². The second-order valence-corrected chi connectivity index (χ2v) is 4.21. The van der Waals surface area contributed by atoms with Gasteiger partial charge >= 0.3 is 0 Å². The van der Waals surface area contributed by atoms with Gasteiger partial charge in [0.2, 0.25) is 0 Å². The third kappa shape index (κ3) is 2.06. The molecule has 1 aromatic heterocycles. The minimum atomic E-state index is 1.21. The number of para-hydroxylation sites is 1. The Hall–Kier alpha value is -1.24. The van der Waals surface area contributed by atoms with E-state index in [0.29, 0.717) is 0 Å². The third-order valence-corrected chi connectivity index (χ3v) is 3.09. The van der Waals surface area contributed by atoms with E-state index in [1.54, 1.807) is 0 Å². The minimum absolute atomic E-state index is 1.21. The molecule has 0 spiro atoms. The van der Waals surface area contributed by atoms with Gasteiger partial charge in [0.25, 0.3) is 0 Å². The van der Waals surface area contributed by atoms with Crippen molar-refractivity contribution in [1.82, 2.24) is 4.57 Å². The Kier molecular flexibility index (Phi) is 3.10. The highest BCUT2D eigenvalue weighted by atomic mass is 14.9. The number of fused-ring (bicyclic) bond motifs is 1. The zero-order chi connectivity index (χ0) is 10.7. The SMILES string of the molecule is CCCCCc1cc2ccccc2n1C. The lowest BCUT2D eigenvalue weighted by atomic mass is 10.1. The van der Waals surface area contributed by atoms with Crippen molar-refractivity contribution >= 4 is 10.9 Å². The van der Waals surface area contributed by atoms with Gasteiger partial charge in [-0.25, -0.2) is 0 Å². The van der Waals surface area contributed by atoms with Crippen LogP contribution < -0.4 is 0 Å². The molecule has 2 aromatic rings. The molecule has 1 aromatic carbocycles. The predicted molar refractivity (Wildman–Crippen MR) is 66.1 cm³/mol. The highest BCUT2D eigenvalue weighted by molar-refractivity contribution is 5.81. The normalized spacial score (nSPS) is 11.1. The van der Waals surface area contributed by atoms with Crippen molar-refractivity contribution in [3.8, 4) is 0 Å². The fourth-order valence-electron chi connectivity index (χ4n) is 2.14. The number of hydrogen-bond donors (Lipinski definition) is 0. The van der Waals surface area contributed by atoms with Gasteiger partial charge in [-0.15, -0.1) is 0 Å². The topological polar surface area (TPSA) is 4.93 Å². The molecule has 1 heteroatoms. The molecule has 0 aliphatic heterocycles. The summed E-state index contributed by atoms with van der Waals surface area (Å²) in [5.41, 5.74) is 2.81. The van der Waals surface area contributed by atoms with Gasteiger partial charge in [-0.05, 0) is 30.4 Å². The number of aromatic nitrogens is 1. The van der Waals surface area contributed by atoms with Crippen LogP contribution >= 0.6 is 0 Å². The molecule has 1 nitrogen and oxygen atoms in total. The second-order valence-electron chi connectivity index (χ2n) is 4.21. The zero-order valence-corrected chi connectivity index (χ0v) is 9.66. The third-order valence-electron chi connectivity index (χ3n) is 3.09. The van der Waals surface area contributed by atoms with Crippen LogP contribution in [0.4, 0.5) is 0 Å². The maximum atomic E-state index is 2.32. The van der Waals surface area contributed by atoms with Crippen LogP contribution in [0.15, 0.2) is 30.3 Å². The minimum Gasteiger partial charge on any atom is -0.348 e. The van der Waals surface area contributed by atoms with Crippen LogP contribution in [0.5, 0.6) is 0 Å². The Morgan fingerprint density at radius 2 is 1.93 bits per heavy atom. The first kappa shape index (κ1) is 10.3. The molecular weight excluding hydrogens is 182 g/mol. The van der Waals surface area contributed by atoms with E-state index < -0.39 is 0 Å². The predicted octanol–water partition coefficient (Wildman–Crippen LogP) is 3.91. The van der Waals surface area contributed by atoms with Crippen LogP contribution in [0.3, 0.4) is 0 Å². The number of benzene rings is 1. The molecule has 0 N–H and O–H groups in total. The molecule has 0 unspecified atom stereocenters. The first-order chi connectivity index (χ1) is 7.33. The van der Waals surface area contributed by atoms with Gasteiger partial charge in [0.05, 0.1) is 0 Å². The molecule has 0 fully saturated rings. The fraction of sp³-hybridized carbons (Fsp3) is 0.429. The summed E-state index contributed by atoms with van der Waals surface area (Å²) in [6.07, 6.45) is 5.14. The summed E-state index contributed by atoms with van der Waals surface area (Å²) in [4.78, 5) is 0. The lowest BCUT2D eigenvalue weighted by Crippen LogP contribution is -1.95. The van der Waals surface area contributed by atoms with E-state index in [4.69, 9.17) is 0 Å². The van der Waals surface area contributed by atoms with Crippen molar-refractivity contribution in [3.63, 3.8) is 0 Å². The molecule has 15 heavy (non-hydrogen) atoms. The number of rotatable bonds is 4. The Bertz CT molecular complexity index is 440. The molecule has 0 aliphatic rings. The van der Waals surface area contributed by atoms with Crippen LogP contribution in [-0.2, 0) is 13.5 Å². The van der Waals surface area contributed by atoms with Crippen molar-refractivity contribution in [2.45, 2.75) is 32.6 Å². The van der Waals surface area contributed by atoms with Crippen LogP contribution in [0.25, 0.3) is 10.9 Å². The Labute approximate surface area is 91.7 Å². The molecule has 0 saturated heterocycles. The molecule has 0 bridgehead atoms. The van der Waals surface area contributed by atoms with Crippen LogP contribution in [-0.4, -0.2) is 4.57 Å². The summed E-state index contributed by atoms with van der Waals surface area (Å²) >= 11 is 0. The Morgan fingerprint density at radius 1 is 1.13 bits per heavy atom. The molecule has 2 rings (SSSR count). The Balaban J connectivity index is 2.24. The van der Waals surface area contributed by atoms with Crippen molar-refractivity contribution < 1.29 is 0 Å². The quantitative estimate of drug-likeness (QED) is 0.661. The number of hydrogen-bond acceptors (Lipinski definition) is 0. The largest absolute Gasteiger partial charge is 0.348 e. The summed E-state index contributed by atoms with van der Waals surface area (Å²) < 4.78 is 2.32. The molecule has 0 saturated carbocycles. The standard InChI is InChI=1S/C14H19N/c1-3-4-5-9-13-11-12-8-6-7-10-14(12)15(13)2/h6-8,10-11H,3-5,9H2,1-2H3. The lowest BCUT2D eigenvalue weighted by Gasteiger charge is -2.03. The van der Waals surface area contributed by atoms with E-state index in [1.807, 2.05) is 0 Å². The van der Waals surface area contributed by atoms with Crippen molar-refractivity contribution in [2.75, 3.05) is 0 Å². The van der Waals surface area contributed by atoms with Crippen molar-refractivity contribution in [2.24, 2.45) is 7.05 Å². The number of unbranched alkanes of at least 4 members (excludes halogenated alkanes) is 2. The number of nitrogens with zero attached hydrogens (tertiary/aromatic N) is 1. The highest BCUT2D eigenvalue weighted by Crippen LogP contribution is 2.19. The van der Waals surface area contributed by atoms with Gasteiger partial charge in [0.1, 0.15) is 0 Å². The van der Waals surface area contributed by atoms with E-state index in [1.165, 1.54) is 42.3 Å². The smallest absolute Gasteiger partial charge is 0.0479 e. The number of aryl methyl sites for hydroxylation is 2. The summed E-state index contributed by atoms with van der Waals surface area (Å²) in [6.45, 7) is 2.25. The Morgan fingerprint density at radius 3 is 2.67 bits per heavy atom. The maximum Gasteiger partial charge on any atom is 0.0479 e. The molecule has 0 aliphatic carbocycles. The molecule has 0 radical (unpaired) electrons. The van der Waals surface area contributed by atoms with E-state index in [0.717, 1.165) is 0 Å². The van der Waals surface area contributed by atoms with Crippen molar-refractivity contribution in [3.05, 3.63) is 36.0 Å². The van der Waals surface area contributed by atoms with Crippen LogP contribution in [0, 0.1) is 0 Å². The van der Waals surface area contributed by atoms with Crippen molar-refractivity contribution in [1.29, 1.82) is 0 Å². The van der Waals surface area contributed by atoms with Gasteiger partial charge in [-0.3, -0.25) is 0 Å². The molecule has 0 amide bonds. The summed E-state index contributed by atoms with van der Waals surface area (Å²) in [7, 11) is 2.17. The average molecular weight is 201 g/mol. The molecule has 0 atom stereocenters. The van der Waals surface area contributed by atoms with Gasteiger partial charge in [-0.2, -0.15) is 0 Å². The molecule has 80 valence electrons. The van der Waals surface area contributed by atoms with Gasteiger partial charge < -0.3 is 4.57 Å². The second kappa shape index (κ2) is 4.52. The fourth-order valence-corrected chi connectivity index (χ4v) is 2.14. The molecule has 1 heterocycles. The van der Waals surface area contributed by atoms with Crippen LogP contribution in [0.1, 0.15) is 31.9 Å². The van der Waals surface area contributed by atoms with E-state index in [9.17, 15) is 0 Å². The first-order valence-electron chi connectivity index (χ1n) is 5.86. The van der Waals surface area contributed by atoms with Gasteiger partial charge in [-0.1, -0.05) is 38.0 Å². The van der Waals surface area contributed by atoms with E-state index >= 15 is 0 Å². The maximum absolute atomic E-state index is 2.32. The van der Waals surface area contributed by atoms with Gasteiger partial charge in [0, 0.05) is 18.3 Å². The monoisotopic (exact) mass is 201 g/mol. The first-order valence-corrected chi connectivity index (χ1v) is 5.86. The van der Waals surface area contributed by atoms with Gasteiger partial charge in [0.15, 0.2) is 0 Å². The summed E-state index contributed by atoms with van der Waals surface area (Å²) in [5, 5.41) is 1.37. The average Bonchev–Trinajstić information content (AvgIpc) is 2.57. The summed E-state index contributed by atoms with van der Waals surface area (Å²) in [5.74, 6) is 0. The lowest BCUT2D eigenvalue weighted by molar-refractivity contribution is 0.690. The van der Waals surface area contributed by atoms with Crippen LogP contribution in [0.2, 0.25) is 0 Å². The van der Waals surface area contributed by atoms with E-state index in [-0.39, 0.29) is 0 Å². The highest BCUT2D eigenvalue weighted by Gasteiger charge is 2.03. The molecular formula is C14H19N. The zero-order valence-electron chi connectivity index (χ0n) is 9.66. The summed E-state index contributed by atoms with van der Waals surface area (Å²) in [6, 6.07) is 10.9.